The maximum atomic E-state index is 12.1. The Morgan fingerprint density at radius 3 is 2.35 bits per heavy atom. The summed E-state index contributed by atoms with van der Waals surface area (Å²) in [7, 11) is -1.91. The predicted molar refractivity (Wildman–Crippen MR) is 66.6 cm³/mol. The fourth-order valence-electron chi connectivity index (χ4n) is 2.24. The van der Waals surface area contributed by atoms with E-state index in [9.17, 15) is 8.42 Å². The van der Waals surface area contributed by atoms with Gasteiger partial charge in [-0.2, -0.15) is 5.26 Å². The van der Waals surface area contributed by atoms with Crippen LogP contribution in [0.2, 0.25) is 0 Å². The zero-order valence-corrected chi connectivity index (χ0v) is 11.3. The maximum Gasteiger partial charge on any atom is 0.230 e. The van der Waals surface area contributed by atoms with Crippen molar-refractivity contribution in [2.45, 2.75) is 56.4 Å². The van der Waals surface area contributed by atoms with Crippen molar-refractivity contribution in [1.82, 2.24) is 4.31 Å². The Morgan fingerprint density at radius 1 is 1.41 bits per heavy atom. The number of hydrogen-bond acceptors (Lipinski definition) is 4. The summed E-state index contributed by atoms with van der Waals surface area (Å²) in [4.78, 5) is 0. The molecule has 1 atom stereocenters. The van der Waals surface area contributed by atoms with E-state index in [2.05, 4.69) is 0 Å². The molecule has 0 bridgehead atoms. The van der Waals surface area contributed by atoms with Crippen LogP contribution in [-0.2, 0) is 10.0 Å². The second kappa shape index (κ2) is 5.80. The van der Waals surface area contributed by atoms with Crippen LogP contribution in [0, 0.1) is 11.3 Å². The van der Waals surface area contributed by atoms with Gasteiger partial charge >= 0.3 is 0 Å². The molecule has 1 aliphatic rings. The molecule has 1 saturated carbocycles. The molecule has 17 heavy (non-hydrogen) atoms. The molecule has 0 saturated heterocycles. The van der Waals surface area contributed by atoms with E-state index in [0.29, 0.717) is 6.42 Å². The number of hydrogen-bond donors (Lipinski definition) is 1. The van der Waals surface area contributed by atoms with E-state index in [1.54, 1.807) is 14.0 Å². The Labute approximate surface area is 104 Å². The Kier molecular flexibility index (Phi) is 4.92. The second-order valence-corrected chi connectivity index (χ2v) is 6.83. The van der Waals surface area contributed by atoms with Crippen LogP contribution in [0.25, 0.3) is 0 Å². The van der Waals surface area contributed by atoms with Gasteiger partial charge in [0.2, 0.25) is 10.0 Å². The topological polar surface area (TPSA) is 87.2 Å². The van der Waals surface area contributed by atoms with Crippen molar-refractivity contribution in [3.8, 4) is 6.07 Å². The smallest absolute Gasteiger partial charge is 0.230 e. The van der Waals surface area contributed by atoms with Gasteiger partial charge in [0.25, 0.3) is 0 Å². The lowest BCUT2D eigenvalue weighted by atomic mass is 9.92. The number of rotatable bonds is 4. The van der Waals surface area contributed by atoms with Crippen LogP contribution < -0.4 is 5.73 Å². The summed E-state index contributed by atoms with van der Waals surface area (Å²) in [5, 5.41) is 7.95. The average molecular weight is 259 g/mol. The molecule has 6 heteroatoms. The number of nitrogens with two attached hydrogens (primary N) is 1. The highest BCUT2D eigenvalue weighted by atomic mass is 32.2. The summed E-state index contributed by atoms with van der Waals surface area (Å²) in [6.45, 7) is 1.72. The van der Waals surface area contributed by atoms with Gasteiger partial charge in [0, 0.05) is 19.1 Å². The van der Waals surface area contributed by atoms with E-state index < -0.39 is 15.3 Å². The molecular formula is C11H21N3O2S. The molecule has 0 aromatic rings. The minimum atomic E-state index is -3.49. The Morgan fingerprint density at radius 2 is 1.94 bits per heavy atom. The van der Waals surface area contributed by atoms with Crippen LogP contribution in [0.15, 0.2) is 0 Å². The highest BCUT2D eigenvalue weighted by molar-refractivity contribution is 7.90. The Balaban J connectivity index is 2.76. The molecule has 0 aromatic carbocycles. The molecule has 0 spiro atoms. The summed E-state index contributed by atoms with van der Waals surface area (Å²) in [6, 6.07) is 2.06. The first kappa shape index (κ1) is 14.4. The maximum absolute atomic E-state index is 12.1. The lowest BCUT2D eigenvalue weighted by Crippen LogP contribution is -2.45. The van der Waals surface area contributed by atoms with E-state index in [1.165, 1.54) is 4.31 Å². The van der Waals surface area contributed by atoms with Crippen molar-refractivity contribution < 1.29 is 8.42 Å². The molecule has 1 rings (SSSR count). The molecule has 1 unspecified atom stereocenters. The second-order valence-electron chi connectivity index (χ2n) is 4.66. The van der Waals surface area contributed by atoms with Crippen molar-refractivity contribution in [3.63, 3.8) is 0 Å². The molecule has 0 radical (unpaired) electrons. The van der Waals surface area contributed by atoms with Crippen molar-refractivity contribution in [3.05, 3.63) is 0 Å². The molecule has 0 aromatic heterocycles. The predicted octanol–water partition coefficient (Wildman–Crippen LogP) is 0.820. The van der Waals surface area contributed by atoms with Crippen LogP contribution in [0.3, 0.4) is 0 Å². The monoisotopic (exact) mass is 259 g/mol. The molecule has 1 fully saturated rings. The lowest BCUT2D eigenvalue weighted by Gasteiger charge is -2.33. The SMILES string of the molecule is CCC(C#N)S(=O)(=O)N(C)C1CCC(N)CC1. The minimum Gasteiger partial charge on any atom is -0.328 e. The first-order valence-electron chi connectivity index (χ1n) is 6.05. The average Bonchev–Trinajstić information content (AvgIpc) is 2.30. The summed E-state index contributed by atoms with van der Waals surface area (Å²) in [5.41, 5.74) is 5.80. The molecule has 0 amide bonds. The van der Waals surface area contributed by atoms with Crippen LogP contribution in [-0.4, -0.2) is 37.1 Å². The van der Waals surface area contributed by atoms with E-state index >= 15 is 0 Å². The highest BCUT2D eigenvalue weighted by Gasteiger charge is 2.34. The van der Waals surface area contributed by atoms with Gasteiger partial charge < -0.3 is 5.73 Å². The summed E-state index contributed by atoms with van der Waals surface area (Å²) in [6.07, 6.45) is 3.62. The van der Waals surface area contributed by atoms with Gasteiger partial charge in [0.05, 0.1) is 6.07 Å². The van der Waals surface area contributed by atoms with Crippen molar-refractivity contribution >= 4 is 10.0 Å². The zero-order chi connectivity index (χ0) is 13.1. The molecule has 5 nitrogen and oxygen atoms in total. The largest absolute Gasteiger partial charge is 0.328 e. The number of nitriles is 1. The number of sulfonamides is 1. The Hall–Kier alpha value is -0.640. The van der Waals surface area contributed by atoms with E-state index in [-0.39, 0.29) is 12.1 Å². The summed E-state index contributed by atoms with van der Waals surface area (Å²) in [5.74, 6) is 0. The fraction of sp³-hybridized carbons (Fsp3) is 0.909. The third kappa shape index (κ3) is 3.18. The normalized spacial score (nSPS) is 27.7. The third-order valence-electron chi connectivity index (χ3n) is 3.53. The van der Waals surface area contributed by atoms with Gasteiger partial charge in [-0.25, -0.2) is 12.7 Å². The van der Waals surface area contributed by atoms with Gasteiger partial charge in [-0.1, -0.05) is 6.92 Å². The molecular weight excluding hydrogens is 238 g/mol. The highest BCUT2D eigenvalue weighted by Crippen LogP contribution is 2.25. The third-order valence-corrected chi connectivity index (χ3v) is 5.79. The van der Waals surface area contributed by atoms with E-state index in [4.69, 9.17) is 11.0 Å². The van der Waals surface area contributed by atoms with Gasteiger partial charge in [-0.3, -0.25) is 0 Å². The van der Waals surface area contributed by atoms with Crippen LogP contribution in [0.4, 0.5) is 0 Å². The van der Waals surface area contributed by atoms with Crippen LogP contribution >= 0.6 is 0 Å². The molecule has 2 N–H and O–H groups in total. The molecule has 0 aliphatic heterocycles. The van der Waals surface area contributed by atoms with Crippen LogP contribution in [0.5, 0.6) is 0 Å². The first-order valence-corrected chi connectivity index (χ1v) is 7.55. The first-order chi connectivity index (χ1) is 7.93. The van der Waals surface area contributed by atoms with Crippen molar-refractivity contribution in [2.24, 2.45) is 5.73 Å². The number of nitrogens with zero attached hydrogens (tertiary/aromatic N) is 2. The van der Waals surface area contributed by atoms with E-state index in [0.717, 1.165) is 25.7 Å². The summed E-state index contributed by atoms with van der Waals surface area (Å²) < 4.78 is 25.7. The minimum absolute atomic E-state index is 0.00204. The quantitative estimate of drug-likeness (QED) is 0.809. The Bertz CT molecular complexity index is 380. The standard InChI is InChI=1S/C11H21N3O2S/c1-3-11(8-12)17(15,16)14(2)10-6-4-9(13)5-7-10/h9-11H,3-7,13H2,1-2H3. The van der Waals surface area contributed by atoms with E-state index in [1.807, 2.05) is 6.07 Å². The lowest BCUT2D eigenvalue weighted by molar-refractivity contribution is 0.267. The van der Waals surface area contributed by atoms with Gasteiger partial charge in [0.15, 0.2) is 5.25 Å². The van der Waals surface area contributed by atoms with Crippen molar-refractivity contribution in [1.29, 1.82) is 5.26 Å². The fourth-order valence-corrected chi connectivity index (χ4v) is 3.82. The van der Waals surface area contributed by atoms with Gasteiger partial charge in [-0.05, 0) is 32.1 Å². The summed E-state index contributed by atoms with van der Waals surface area (Å²) >= 11 is 0. The van der Waals surface area contributed by atoms with Gasteiger partial charge in [0.1, 0.15) is 0 Å². The molecule has 0 heterocycles. The molecule has 1 aliphatic carbocycles. The molecule has 98 valence electrons. The zero-order valence-electron chi connectivity index (χ0n) is 10.5. The van der Waals surface area contributed by atoms with Gasteiger partial charge in [-0.15, -0.1) is 0 Å². The van der Waals surface area contributed by atoms with Crippen molar-refractivity contribution in [2.75, 3.05) is 7.05 Å². The van der Waals surface area contributed by atoms with Crippen LogP contribution in [0.1, 0.15) is 39.0 Å².